The van der Waals surface area contributed by atoms with E-state index in [9.17, 15) is 28.8 Å². The fourth-order valence-corrected chi connectivity index (χ4v) is 10.4. The van der Waals surface area contributed by atoms with Gasteiger partial charge in [-0.2, -0.15) is 4.98 Å². The molecule has 9 rings (SSSR count). The van der Waals surface area contributed by atoms with Gasteiger partial charge in [0.1, 0.15) is 23.5 Å². The Morgan fingerprint density at radius 2 is 1.69 bits per heavy atom. The van der Waals surface area contributed by atoms with Crippen molar-refractivity contribution in [2.45, 2.75) is 95.4 Å². The van der Waals surface area contributed by atoms with Gasteiger partial charge in [-0.3, -0.25) is 39.0 Å². The standard InChI is InChI=1S/C48H61N11O8/c1-4-37-47(65)55(2)39-25-49-48(54-42(39)59(37)32-8-5-6-9-32)52-36-13-12-29(24-40(36)66-3)43(61)50-31-16-18-56(19-17-31)20-22-67-23-21-57-26-30(27-57)44(62)51-35-11-7-10-33-34(35)28-58(46(33)64)38-14-15-41(60)53-45(38)63/h7,10-13,24-25,30-32,37-38H,4-6,8-9,14-23,26-28H2,1-3H3,(H,50,61)(H,51,62)(H,49,52,54)(H,53,60,63)/t37-,38?/m1/s1. The van der Waals surface area contributed by atoms with Crippen LogP contribution < -0.4 is 35.8 Å². The minimum Gasteiger partial charge on any atom is -0.495 e. The Kier molecular flexibility index (Phi) is 13.7. The van der Waals surface area contributed by atoms with Crippen LogP contribution in [-0.4, -0.2) is 151 Å². The molecule has 6 heterocycles. The van der Waals surface area contributed by atoms with Gasteiger partial charge in [-0.15, -0.1) is 0 Å². The van der Waals surface area contributed by atoms with Crippen LogP contribution in [0.2, 0.25) is 0 Å². The highest BCUT2D eigenvalue weighted by Crippen LogP contribution is 2.41. The number of hydrogen-bond acceptors (Lipinski definition) is 14. The highest BCUT2D eigenvalue weighted by atomic mass is 16.5. The number of aromatic nitrogens is 2. The van der Waals surface area contributed by atoms with E-state index in [1.54, 1.807) is 61.7 Å². The van der Waals surface area contributed by atoms with E-state index < -0.39 is 11.9 Å². The van der Waals surface area contributed by atoms with Gasteiger partial charge in [0.2, 0.25) is 29.6 Å². The van der Waals surface area contributed by atoms with Crippen molar-refractivity contribution in [3.05, 3.63) is 59.3 Å². The molecule has 2 atom stereocenters. The molecule has 1 aliphatic carbocycles. The zero-order valence-electron chi connectivity index (χ0n) is 38.6. The molecule has 0 bridgehead atoms. The van der Waals surface area contributed by atoms with Crippen LogP contribution in [0.3, 0.4) is 0 Å². The van der Waals surface area contributed by atoms with Crippen molar-refractivity contribution in [3.8, 4) is 5.75 Å². The molecule has 5 aliphatic heterocycles. The summed E-state index contributed by atoms with van der Waals surface area (Å²) in [6.07, 6.45) is 8.85. The number of fused-ring (bicyclic) bond motifs is 2. The molecule has 3 saturated heterocycles. The van der Waals surface area contributed by atoms with Gasteiger partial charge in [-0.1, -0.05) is 25.8 Å². The molecule has 1 aromatic heterocycles. The number of nitrogens with zero attached hydrogens (tertiary/aromatic N) is 7. The van der Waals surface area contributed by atoms with Crippen LogP contribution in [0.1, 0.15) is 91.0 Å². The minimum atomic E-state index is -0.715. The van der Waals surface area contributed by atoms with Crippen LogP contribution in [0.4, 0.5) is 28.8 Å². The number of hydrogen-bond donors (Lipinski definition) is 4. The van der Waals surface area contributed by atoms with Crippen molar-refractivity contribution in [3.63, 3.8) is 0 Å². The fourth-order valence-electron chi connectivity index (χ4n) is 10.4. The van der Waals surface area contributed by atoms with E-state index in [0.717, 1.165) is 70.5 Å². The predicted octanol–water partition coefficient (Wildman–Crippen LogP) is 3.28. The monoisotopic (exact) mass is 919 g/mol. The number of amides is 6. The third-order valence-corrected chi connectivity index (χ3v) is 14.3. The van der Waals surface area contributed by atoms with Gasteiger partial charge >= 0.3 is 0 Å². The molecule has 0 radical (unpaired) electrons. The second-order valence-electron chi connectivity index (χ2n) is 18.5. The molecule has 356 valence electrons. The van der Waals surface area contributed by atoms with Crippen molar-refractivity contribution in [1.82, 2.24) is 35.3 Å². The van der Waals surface area contributed by atoms with Gasteiger partial charge in [0, 0.05) is 93.7 Å². The lowest BCUT2D eigenvalue weighted by molar-refractivity contribution is -0.137. The summed E-state index contributed by atoms with van der Waals surface area (Å²) in [5, 5.41) is 11.8. The average Bonchev–Trinajstić information content (AvgIpc) is 3.97. The summed E-state index contributed by atoms with van der Waals surface area (Å²) in [5.41, 5.74) is 3.54. The van der Waals surface area contributed by atoms with Crippen LogP contribution in [0.5, 0.6) is 5.75 Å². The summed E-state index contributed by atoms with van der Waals surface area (Å²) >= 11 is 0. The number of methoxy groups -OCH3 is 1. The molecule has 19 nitrogen and oxygen atoms in total. The Balaban J connectivity index is 0.676. The number of likely N-dealkylation sites (tertiary alicyclic amines) is 2. The van der Waals surface area contributed by atoms with Crippen molar-refractivity contribution in [2.24, 2.45) is 5.92 Å². The number of piperidine rings is 2. The molecule has 19 heteroatoms. The zero-order chi connectivity index (χ0) is 46.8. The molecule has 6 amide bonds. The molecule has 3 aromatic rings. The number of nitrogens with one attached hydrogen (secondary N) is 4. The minimum absolute atomic E-state index is 0.0477. The van der Waals surface area contributed by atoms with Gasteiger partial charge in [0.25, 0.3) is 11.8 Å². The van der Waals surface area contributed by atoms with E-state index in [1.807, 2.05) is 6.92 Å². The number of ether oxygens (including phenoxy) is 2. The Hall–Kier alpha value is -6.18. The van der Waals surface area contributed by atoms with E-state index in [-0.39, 0.29) is 73.0 Å². The maximum atomic E-state index is 13.4. The molecule has 2 aromatic carbocycles. The zero-order valence-corrected chi connectivity index (χ0v) is 38.6. The second kappa shape index (κ2) is 20.0. The molecule has 67 heavy (non-hydrogen) atoms. The van der Waals surface area contributed by atoms with E-state index in [0.29, 0.717) is 78.2 Å². The first-order valence-electron chi connectivity index (χ1n) is 23.8. The van der Waals surface area contributed by atoms with Gasteiger partial charge in [0.05, 0.1) is 38.1 Å². The van der Waals surface area contributed by atoms with Crippen molar-refractivity contribution in [1.29, 1.82) is 0 Å². The second-order valence-corrected chi connectivity index (χ2v) is 18.5. The summed E-state index contributed by atoms with van der Waals surface area (Å²) in [4.78, 5) is 96.6. The molecular weight excluding hydrogens is 859 g/mol. The number of carbonyl (C=O) groups excluding carboxylic acids is 6. The lowest BCUT2D eigenvalue weighted by atomic mass is 9.98. The van der Waals surface area contributed by atoms with Gasteiger partial charge in [-0.25, -0.2) is 4.98 Å². The number of anilines is 5. The summed E-state index contributed by atoms with van der Waals surface area (Å²) in [6.45, 7) is 7.83. The van der Waals surface area contributed by atoms with Gasteiger partial charge < -0.3 is 45.0 Å². The fraction of sp³-hybridized carbons (Fsp3) is 0.542. The van der Waals surface area contributed by atoms with Crippen LogP contribution in [0.15, 0.2) is 42.6 Å². The summed E-state index contributed by atoms with van der Waals surface area (Å²) in [5.74, 6) is 0.172. The number of rotatable bonds is 16. The first-order valence-corrected chi connectivity index (χ1v) is 23.8. The number of likely N-dealkylation sites (N-methyl/N-ethyl adjacent to an activating group) is 1. The Morgan fingerprint density at radius 3 is 2.42 bits per heavy atom. The lowest BCUT2D eigenvalue weighted by Crippen LogP contribution is -2.55. The smallest absolute Gasteiger partial charge is 0.255 e. The molecule has 1 saturated carbocycles. The van der Waals surface area contributed by atoms with Gasteiger partial charge in [0.15, 0.2) is 5.82 Å². The lowest BCUT2D eigenvalue weighted by Gasteiger charge is -2.43. The Labute approximate surface area is 390 Å². The Bertz CT molecular complexity index is 2400. The Morgan fingerprint density at radius 1 is 0.925 bits per heavy atom. The average molecular weight is 920 g/mol. The largest absolute Gasteiger partial charge is 0.495 e. The number of imide groups is 1. The normalized spacial score (nSPS) is 21.8. The first kappa shape index (κ1) is 46.0. The molecule has 6 aliphatic rings. The van der Waals surface area contributed by atoms with E-state index in [1.165, 1.54) is 4.90 Å². The topological polar surface area (TPSA) is 211 Å². The molecular formula is C48H61N11O8. The molecule has 4 fully saturated rings. The molecule has 4 N–H and O–H groups in total. The highest BCUT2D eigenvalue weighted by molar-refractivity contribution is 6.07. The maximum absolute atomic E-state index is 13.4. The summed E-state index contributed by atoms with van der Waals surface area (Å²) < 4.78 is 11.7. The predicted molar refractivity (Wildman–Crippen MR) is 249 cm³/mol. The van der Waals surface area contributed by atoms with Crippen molar-refractivity contribution in [2.75, 3.05) is 87.1 Å². The van der Waals surface area contributed by atoms with Crippen molar-refractivity contribution < 1.29 is 38.2 Å². The highest BCUT2D eigenvalue weighted by Gasteiger charge is 2.43. The summed E-state index contributed by atoms with van der Waals surface area (Å²) in [7, 11) is 3.35. The number of carbonyl (C=O) groups is 6. The quantitative estimate of drug-likeness (QED) is 0.120. The van der Waals surface area contributed by atoms with Crippen LogP contribution >= 0.6 is 0 Å². The van der Waals surface area contributed by atoms with E-state index >= 15 is 0 Å². The van der Waals surface area contributed by atoms with Gasteiger partial charge in [-0.05, 0) is 68.9 Å². The molecule has 0 spiro atoms. The molecule has 1 unspecified atom stereocenters. The SMILES string of the molecule is CC[C@@H]1C(=O)N(C)c2cnc(Nc3ccc(C(=O)NC4CCN(CCOCCN5CC(C(=O)Nc6cccc7c6CN(C6CCC(=O)NC6=O)C7=O)C5)CC4)cc3OC)nc2N1C1CCCC1. The maximum Gasteiger partial charge on any atom is 0.255 e. The number of benzene rings is 2. The first-order chi connectivity index (χ1) is 32.5. The van der Waals surface area contributed by atoms with Crippen LogP contribution in [-0.2, 0) is 30.5 Å². The third kappa shape index (κ3) is 9.67. The van der Waals surface area contributed by atoms with Crippen LogP contribution in [0, 0.1) is 5.92 Å². The summed E-state index contributed by atoms with van der Waals surface area (Å²) in [6, 6.07) is 9.84. The van der Waals surface area contributed by atoms with E-state index in [4.69, 9.17) is 14.5 Å². The van der Waals surface area contributed by atoms with Crippen molar-refractivity contribution >= 4 is 64.3 Å². The van der Waals surface area contributed by atoms with E-state index in [2.05, 4.69) is 41.0 Å². The van der Waals surface area contributed by atoms with Crippen LogP contribution in [0.25, 0.3) is 0 Å². The third-order valence-electron chi connectivity index (χ3n) is 14.3.